The number of aromatic nitrogens is 3. The van der Waals surface area contributed by atoms with Gasteiger partial charge in [-0.2, -0.15) is 0 Å². The predicted octanol–water partition coefficient (Wildman–Crippen LogP) is 5.12. The molecule has 1 fully saturated rings. The van der Waals surface area contributed by atoms with Crippen molar-refractivity contribution in [3.8, 4) is 0 Å². The normalized spacial score (nSPS) is 15.9. The van der Waals surface area contributed by atoms with E-state index in [9.17, 15) is 18.4 Å². The van der Waals surface area contributed by atoms with Crippen LogP contribution in [-0.4, -0.2) is 52.8 Å². The van der Waals surface area contributed by atoms with Crippen molar-refractivity contribution in [3.63, 3.8) is 0 Å². The highest BCUT2D eigenvalue weighted by Gasteiger charge is 2.35. The molecule has 8 nitrogen and oxygen atoms in total. The fraction of sp³-hybridized carbons (Fsp3) is 0.407. The number of pyridine rings is 1. The van der Waals surface area contributed by atoms with E-state index in [1.54, 1.807) is 34.5 Å². The lowest BCUT2D eigenvalue weighted by molar-refractivity contribution is 0.0861. The second-order valence-electron chi connectivity index (χ2n) is 9.67. The van der Waals surface area contributed by atoms with Crippen LogP contribution < -0.4 is 10.5 Å². The zero-order valence-electron chi connectivity index (χ0n) is 21.7. The molecule has 1 aliphatic heterocycles. The highest BCUT2D eigenvalue weighted by atomic mass is 19.3. The summed E-state index contributed by atoms with van der Waals surface area (Å²) >= 11 is 0. The van der Waals surface area contributed by atoms with Crippen molar-refractivity contribution in [1.29, 1.82) is 0 Å². The molecule has 1 aliphatic rings. The van der Waals surface area contributed by atoms with Crippen molar-refractivity contribution in [3.05, 3.63) is 76.2 Å². The second-order valence-corrected chi connectivity index (χ2v) is 9.67. The number of aryl methyl sites for hydroxylation is 1. The first-order valence-corrected chi connectivity index (χ1v) is 12.2. The van der Waals surface area contributed by atoms with Gasteiger partial charge in [-0.15, -0.1) is 6.58 Å². The summed E-state index contributed by atoms with van der Waals surface area (Å²) in [6.07, 6.45) is 0.802. The minimum Gasteiger partial charge on any atom is -0.453 e. The summed E-state index contributed by atoms with van der Waals surface area (Å²) in [5, 5.41) is 0.534. The molecule has 0 N–H and O–H groups in total. The lowest BCUT2D eigenvalue weighted by Crippen LogP contribution is -2.49. The third kappa shape index (κ3) is 4.84. The van der Waals surface area contributed by atoms with E-state index < -0.39 is 35.5 Å². The number of anilines is 1. The first-order chi connectivity index (χ1) is 18.0. The van der Waals surface area contributed by atoms with Gasteiger partial charge in [0.05, 0.1) is 29.6 Å². The Labute approximate surface area is 218 Å². The summed E-state index contributed by atoms with van der Waals surface area (Å²) in [5.74, 6) is -0.224. The van der Waals surface area contributed by atoms with Crippen molar-refractivity contribution in [2.45, 2.75) is 44.7 Å². The van der Waals surface area contributed by atoms with Gasteiger partial charge in [0.2, 0.25) is 0 Å². The molecule has 0 spiro atoms. The Morgan fingerprint density at radius 1 is 1.24 bits per heavy atom. The standard InChI is InChI=1S/C27H30F3N5O3/c1-6-21(17-8-7-9-18(23(17)28)24(29)30)33(4)25-19-15-35(22(36)14-20(19)31-16(2)32-25)27(3)10-12-34(13-11-27)26(37)38-5/h6-9,14-15,21,24H,1,10-13H2,2-5H3/t21-/m1/s1. The smallest absolute Gasteiger partial charge is 0.409 e. The van der Waals surface area contributed by atoms with Crippen LogP contribution >= 0.6 is 0 Å². The first-order valence-electron chi connectivity index (χ1n) is 12.2. The van der Waals surface area contributed by atoms with E-state index in [1.165, 1.54) is 31.4 Å². The average Bonchev–Trinajstić information content (AvgIpc) is 2.88. The number of amides is 1. The summed E-state index contributed by atoms with van der Waals surface area (Å²) < 4.78 is 48.3. The first kappa shape index (κ1) is 27.2. The zero-order valence-corrected chi connectivity index (χ0v) is 21.7. The Morgan fingerprint density at radius 3 is 2.50 bits per heavy atom. The molecule has 202 valence electrons. The van der Waals surface area contributed by atoms with Crippen LogP contribution in [-0.2, 0) is 10.3 Å². The van der Waals surface area contributed by atoms with Crippen LogP contribution in [0.2, 0.25) is 0 Å². The number of rotatable bonds is 6. The predicted molar refractivity (Wildman–Crippen MR) is 138 cm³/mol. The monoisotopic (exact) mass is 529 g/mol. The number of likely N-dealkylation sites (tertiary alicyclic amines) is 1. The maximum absolute atomic E-state index is 15.1. The Hall–Kier alpha value is -3.89. The van der Waals surface area contributed by atoms with Crippen LogP contribution in [0.4, 0.5) is 23.8 Å². The average molecular weight is 530 g/mol. The van der Waals surface area contributed by atoms with E-state index in [-0.39, 0.29) is 11.1 Å². The Balaban J connectivity index is 1.80. The number of hydrogen-bond donors (Lipinski definition) is 0. The fourth-order valence-corrected chi connectivity index (χ4v) is 5.02. The third-order valence-electron chi connectivity index (χ3n) is 7.26. The Kier molecular flexibility index (Phi) is 7.48. The van der Waals surface area contributed by atoms with E-state index in [4.69, 9.17) is 4.74 Å². The van der Waals surface area contributed by atoms with E-state index >= 15 is 4.39 Å². The van der Waals surface area contributed by atoms with E-state index in [0.717, 1.165) is 6.07 Å². The number of ether oxygens (including phenoxy) is 1. The molecule has 0 saturated carbocycles. The van der Waals surface area contributed by atoms with Gasteiger partial charge in [-0.05, 0) is 26.7 Å². The van der Waals surface area contributed by atoms with E-state index in [0.29, 0.717) is 48.5 Å². The number of hydrogen-bond acceptors (Lipinski definition) is 6. The van der Waals surface area contributed by atoms with Gasteiger partial charge < -0.3 is 19.1 Å². The molecule has 0 radical (unpaired) electrons. The number of methoxy groups -OCH3 is 1. The maximum atomic E-state index is 15.1. The lowest BCUT2D eigenvalue weighted by Gasteiger charge is -2.40. The van der Waals surface area contributed by atoms with Gasteiger partial charge in [-0.25, -0.2) is 27.9 Å². The molecule has 3 heterocycles. The highest BCUT2D eigenvalue weighted by molar-refractivity contribution is 5.89. The number of piperidine rings is 1. The lowest BCUT2D eigenvalue weighted by atomic mass is 9.89. The number of likely N-dealkylation sites (N-methyl/N-ethyl adjacent to an activating group) is 1. The van der Waals surface area contributed by atoms with Crippen LogP contribution in [0.15, 0.2) is 47.9 Å². The maximum Gasteiger partial charge on any atom is 0.409 e. The minimum absolute atomic E-state index is 0.0279. The molecule has 3 aromatic rings. The summed E-state index contributed by atoms with van der Waals surface area (Å²) in [5.41, 5.74) is -1.10. The molecule has 11 heteroatoms. The second kappa shape index (κ2) is 10.5. The molecular formula is C27H30F3N5O3. The van der Waals surface area contributed by atoms with Gasteiger partial charge in [0.1, 0.15) is 17.5 Å². The summed E-state index contributed by atoms with van der Waals surface area (Å²) in [7, 11) is 2.99. The fourth-order valence-electron chi connectivity index (χ4n) is 5.02. The molecule has 0 unspecified atom stereocenters. The van der Waals surface area contributed by atoms with Crippen LogP contribution in [0, 0.1) is 12.7 Å². The summed E-state index contributed by atoms with van der Waals surface area (Å²) in [4.78, 5) is 37.4. The summed E-state index contributed by atoms with van der Waals surface area (Å²) in [6.45, 7) is 8.27. The van der Waals surface area contributed by atoms with Gasteiger partial charge in [0, 0.05) is 43.5 Å². The van der Waals surface area contributed by atoms with Crippen LogP contribution in [0.25, 0.3) is 10.9 Å². The third-order valence-corrected chi connectivity index (χ3v) is 7.26. The topological polar surface area (TPSA) is 80.6 Å². The SMILES string of the molecule is C=C[C@H](c1cccc(C(F)F)c1F)N(C)c1nc(C)nc2cc(=O)n(C3(C)CCN(C(=O)OC)CC3)cc12. The zero-order chi connectivity index (χ0) is 27.8. The molecule has 1 atom stereocenters. The molecule has 38 heavy (non-hydrogen) atoms. The Morgan fingerprint density at radius 2 is 1.89 bits per heavy atom. The van der Waals surface area contributed by atoms with Crippen LogP contribution in [0.5, 0.6) is 0 Å². The number of carbonyl (C=O) groups is 1. The van der Waals surface area contributed by atoms with Gasteiger partial charge in [0.15, 0.2) is 0 Å². The molecule has 0 aliphatic carbocycles. The van der Waals surface area contributed by atoms with Crippen molar-refractivity contribution in [1.82, 2.24) is 19.4 Å². The quantitative estimate of drug-likeness (QED) is 0.413. The van der Waals surface area contributed by atoms with Gasteiger partial charge in [-0.1, -0.05) is 24.3 Å². The minimum atomic E-state index is -2.96. The Bertz CT molecular complexity index is 1430. The van der Waals surface area contributed by atoms with Gasteiger partial charge in [0.25, 0.3) is 12.0 Å². The van der Waals surface area contributed by atoms with Crippen molar-refractivity contribution < 1.29 is 22.7 Å². The molecule has 1 aromatic carbocycles. The van der Waals surface area contributed by atoms with Crippen molar-refractivity contribution in [2.24, 2.45) is 0 Å². The number of alkyl halides is 2. The van der Waals surface area contributed by atoms with Gasteiger partial charge in [-0.3, -0.25) is 4.79 Å². The highest BCUT2D eigenvalue weighted by Crippen LogP contribution is 2.35. The molecule has 1 saturated heterocycles. The van der Waals surface area contributed by atoms with Crippen molar-refractivity contribution in [2.75, 3.05) is 32.1 Å². The number of fused-ring (bicyclic) bond motifs is 1. The number of nitrogens with zero attached hydrogens (tertiary/aromatic N) is 5. The number of halogens is 3. The van der Waals surface area contributed by atoms with Gasteiger partial charge >= 0.3 is 6.09 Å². The number of benzene rings is 1. The van der Waals surface area contributed by atoms with Crippen molar-refractivity contribution >= 4 is 22.8 Å². The van der Waals surface area contributed by atoms with Crippen LogP contribution in [0.3, 0.4) is 0 Å². The van der Waals surface area contributed by atoms with E-state index in [1.807, 2.05) is 6.92 Å². The molecule has 1 amide bonds. The summed E-state index contributed by atoms with van der Waals surface area (Å²) in [6, 6.07) is 4.48. The number of carbonyl (C=O) groups excluding carboxylic acids is 1. The van der Waals surface area contributed by atoms with Crippen LogP contribution in [0.1, 0.15) is 49.2 Å². The molecular weight excluding hydrogens is 499 g/mol. The van der Waals surface area contributed by atoms with E-state index in [2.05, 4.69) is 16.5 Å². The molecule has 4 rings (SSSR count). The largest absolute Gasteiger partial charge is 0.453 e. The molecule has 0 bridgehead atoms. The molecule has 2 aromatic heterocycles.